The molecule has 0 saturated heterocycles. The molecule has 50 heavy (non-hydrogen) atoms. The van der Waals surface area contributed by atoms with Crippen molar-refractivity contribution in [1.29, 1.82) is 0 Å². The highest BCUT2D eigenvalue weighted by atomic mass is 35.5. The number of alkyl carbamates (subject to hydrolysis) is 1. The fourth-order valence-corrected chi connectivity index (χ4v) is 4.94. The number of nitrogens with one attached hydrogen (secondary N) is 1. The largest absolute Gasteiger partial charge is 0.496 e. The zero-order chi connectivity index (χ0) is 36.1. The van der Waals surface area contributed by atoms with Crippen molar-refractivity contribution in [2.75, 3.05) is 52.6 Å². The van der Waals surface area contributed by atoms with Gasteiger partial charge in [-0.25, -0.2) is 14.8 Å². The number of carbonyl (C=O) groups is 1. The standard InChI is InChI=1S/C37H45ClN4O8/c1-25-8-10-26(11-9-25)23-47-16-17-48-28-19-31(45-6)29(32(20-28)46-7)22-42(35-21-34(38)40-24-41-35)27-12-13-30(44-5)33(18-27)49-15-14-39-36(43)50-37(2,3)4/h8-13,18-21,24H,14-17,22-23H2,1-7H3,(H,39,43). The van der Waals surface area contributed by atoms with E-state index in [1.54, 1.807) is 54.2 Å². The van der Waals surface area contributed by atoms with Gasteiger partial charge in [0.1, 0.15) is 53.4 Å². The highest BCUT2D eigenvalue weighted by Crippen LogP contribution is 2.40. The van der Waals surface area contributed by atoms with Gasteiger partial charge < -0.3 is 43.4 Å². The number of methoxy groups -OCH3 is 3. The molecular formula is C37H45ClN4O8. The predicted octanol–water partition coefficient (Wildman–Crippen LogP) is 7.30. The summed E-state index contributed by atoms with van der Waals surface area (Å²) < 4.78 is 40.4. The molecule has 0 saturated carbocycles. The molecule has 1 heterocycles. The summed E-state index contributed by atoms with van der Waals surface area (Å²) >= 11 is 6.31. The zero-order valence-electron chi connectivity index (χ0n) is 29.6. The molecule has 1 amide bonds. The van der Waals surface area contributed by atoms with Crippen LogP contribution in [0.4, 0.5) is 16.3 Å². The molecule has 3 aromatic carbocycles. The van der Waals surface area contributed by atoms with Crippen molar-refractivity contribution in [3.63, 3.8) is 0 Å². The third-order valence-electron chi connectivity index (χ3n) is 7.17. The van der Waals surface area contributed by atoms with Crippen LogP contribution in [0.15, 0.2) is 67.0 Å². The van der Waals surface area contributed by atoms with Gasteiger partial charge in [0.05, 0.1) is 53.2 Å². The van der Waals surface area contributed by atoms with Gasteiger partial charge in [0.25, 0.3) is 0 Å². The number of carbonyl (C=O) groups excluding carboxylic acids is 1. The van der Waals surface area contributed by atoms with Crippen molar-refractivity contribution in [2.45, 2.75) is 46.4 Å². The summed E-state index contributed by atoms with van der Waals surface area (Å²) in [6.45, 7) is 9.33. The number of ether oxygens (including phenoxy) is 7. The van der Waals surface area contributed by atoms with E-state index in [2.05, 4.69) is 46.5 Å². The van der Waals surface area contributed by atoms with E-state index in [0.717, 1.165) is 11.1 Å². The van der Waals surface area contributed by atoms with Crippen LogP contribution >= 0.6 is 11.6 Å². The zero-order valence-corrected chi connectivity index (χ0v) is 30.3. The average molecular weight is 709 g/mol. The fourth-order valence-electron chi connectivity index (χ4n) is 4.80. The molecule has 0 atom stereocenters. The van der Waals surface area contributed by atoms with E-state index in [1.807, 2.05) is 29.2 Å². The summed E-state index contributed by atoms with van der Waals surface area (Å²) in [5.74, 6) is 3.13. The second kappa shape index (κ2) is 18.2. The maximum absolute atomic E-state index is 12.1. The first-order chi connectivity index (χ1) is 24.0. The Morgan fingerprint density at radius 3 is 2.16 bits per heavy atom. The average Bonchev–Trinajstić information content (AvgIpc) is 3.08. The minimum absolute atomic E-state index is 0.165. The van der Waals surface area contributed by atoms with Gasteiger partial charge in [0.2, 0.25) is 0 Å². The Morgan fingerprint density at radius 1 is 0.820 bits per heavy atom. The van der Waals surface area contributed by atoms with Crippen LogP contribution < -0.4 is 33.9 Å². The van der Waals surface area contributed by atoms with Gasteiger partial charge in [-0.15, -0.1) is 0 Å². The minimum Gasteiger partial charge on any atom is -0.496 e. The fraction of sp³-hybridized carbons (Fsp3) is 0.378. The first-order valence-electron chi connectivity index (χ1n) is 16.0. The van der Waals surface area contributed by atoms with Gasteiger partial charge in [-0.05, 0) is 45.4 Å². The summed E-state index contributed by atoms with van der Waals surface area (Å²) in [6, 6.07) is 19.0. The number of halogens is 1. The number of amides is 1. The number of nitrogens with zero attached hydrogens (tertiary/aromatic N) is 3. The Balaban J connectivity index is 1.53. The van der Waals surface area contributed by atoms with E-state index < -0.39 is 11.7 Å². The first kappa shape index (κ1) is 37.9. The van der Waals surface area contributed by atoms with Gasteiger partial charge in [-0.2, -0.15) is 0 Å². The summed E-state index contributed by atoms with van der Waals surface area (Å²) in [7, 11) is 4.73. The number of benzene rings is 3. The minimum atomic E-state index is -0.606. The Kier molecular flexibility index (Phi) is 13.8. The number of anilines is 2. The van der Waals surface area contributed by atoms with Gasteiger partial charge in [-0.3, -0.25) is 0 Å². The first-order valence-corrected chi connectivity index (χ1v) is 16.4. The van der Waals surface area contributed by atoms with Crippen LogP contribution in [0.5, 0.6) is 28.7 Å². The molecule has 0 spiro atoms. The second-order valence-corrected chi connectivity index (χ2v) is 12.5. The molecular weight excluding hydrogens is 664 g/mol. The van der Waals surface area contributed by atoms with Crippen molar-refractivity contribution in [2.24, 2.45) is 0 Å². The molecule has 0 bridgehead atoms. The number of rotatable bonds is 17. The number of hydrogen-bond donors (Lipinski definition) is 1. The summed E-state index contributed by atoms with van der Waals surface area (Å²) in [4.78, 5) is 22.5. The second-order valence-electron chi connectivity index (χ2n) is 12.1. The van der Waals surface area contributed by atoms with Crippen LogP contribution in [0.1, 0.15) is 37.5 Å². The van der Waals surface area contributed by atoms with E-state index >= 15 is 0 Å². The number of hydrogen-bond acceptors (Lipinski definition) is 11. The Morgan fingerprint density at radius 2 is 1.52 bits per heavy atom. The molecule has 0 fully saturated rings. The van der Waals surface area contributed by atoms with Gasteiger partial charge in [0.15, 0.2) is 11.5 Å². The van der Waals surface area contributed by atoms with Crippen LogP contribution in [0.25, 0.3) is 0 Å². The van der Waals surface area contributed by atoms with Crippen molar-refractivity contribution in [1.82, 2.24) is 15.3 Å². The smallest absolute Gasteiger partial charge is 0.407 e. The lowest BCUT2D eigenvalue weighted by atomic mass is 10.1. The van der Waals surface area contributed by atoms with Crippen molar-refractivity contribution >= 4 is 29.2 Å². The van der Waals surface area contributed by atoms with Crippen molar-refractivity contribution in [3.05, 3.63) is 88.8 Å². The highest BCUT2D eigenvalue weighted by molar-refractivity contribution is 6.29. The molecule has 4 rings (SSSR count). The molecule has 0 radical (unpaired) electrons. The lowest BCUT2D eigenvalue weighted by Crippen LogP contribution is -2.34. The maximum atomic E-state index is 12.1. The SMILES string of the molecule is COc1ccc(N(Cc2c(OC)cc(OCCOCc3ccc(C)cc3)cc2OC)c2cc(Cl)ncn2)cc1OCCNC(=O)OC(C)(C)C. The molecule has 268 valence electrons. The molecule has 0 unspecified atom stereocenters. The van der Waals surface area contributed by atoms with E-state index in [-0.39, 0.29) is 24.8 Å². The lowest BCUT2D eigenvalue weighted by Gasteiger charge is -2.27. The lowest BCUT2D eigenvalue weighted by molar-refractivity contribution is 0.0520. The van der Waals surface area contributed by atoms with E-state index in [4.69, 9.17) is 44.8 Å². The van der Waals surface area contributed by atoms with Crippen LogP contribution in [-0.4, -0.2) is 69.4 Å². The van der Waals surface area contributed by atoms with Crippen LogP contribution in [-0.2, 0) is 22.6 Å². The monoisotopic (exact) mass is 708 g/mol. The predicted molar refractivity (Wildman–Crippen MR) is 191 cm³/mol. The van der Waals surface area contributed by atoms with Crippen LogP contribution in [0.2, 0.25) is 5.15 Å². The topological polar surface area (TPSA) is 123 Å². The van der Waals surface area contributed by atoms with Crippen LogP contribution in [0, 0.1) is 6.92 Å². The van der Waals surface area contributed by atoms with Gasteiger partial charge in [-0.1, -0.05) is 41.4 Å². The van der Waals surface area contributed by atoms with E-state index in [9.17, 15) is 4.79 Å². The quantitative estimate of drug-likeness (QED) is 0.0878. The van der Waals surface area contributed by atoms with E-state index in [1.165, 1.54) is 11.9 Å². The molecule has 0 aliphatic carbocycles. The number of aryl methyl sites for hydroxylation is 1. The third-order valence-corrected chi connectivity index (χ3v) is 7.37. The Bertz CT molecular complexity index is 1670. The normalized spacial score (nSPS) is 11.0. The van der Waals surface area contributed by atoms with Crippen molar-refractivity contribution in [3.8, 4) is 28.7 Å². The molecule has 0 aliphatic heterocycles. The molecule has 1 N–H and O–H groups in total. The summed E-state index contributed by atoms with van der Waals surface area (Å²) in [5.41, 5.74) is 3.13. The molecule has 13 heteroatoms. The summed E-state index contributed by atoms with van der Waals surface area (Å²) in [5, 5.41) is 2.96. The Hall–Kier alpha value is -4.94. The number of aromatic nitrogens is 2. The third kappa shape index (κ3) is 11.3. The Labute approximate surface area is 298 Å². The molecule has 1 aromatic heterocycles. The molecule has 0 aliphatic rings. The van der Waals surface area contributed by atoms with E-state index in [0.29, 0.717) is 60.1 Å². The van der Waals surface area contributed by atoms with Crippen molar-refractivity contribution < 1.29 is 38.0 Å². The molecule has 4 aromatic rings. The van der Waals surface area contributed by atoms with Crippen LogP contribution in [0.3, 0.4) is 0 Å². The highest BCUT2D eigenvalue weighted by Gasteiger charge is 2.22. The molecule has 12 nitrogen and oxygen atoms in total. The maximum Gasteiger partial charge on any atom is 0.407 e. The van der Waals surface area contributed by atoms with Gasteiger partial charge in [0, 0.05) is 30.0 Å². The van der Waals surface area contributed by atoms with Gasteiger partial charge >= 0.3 is 6.09 Å². The summed E-state index contributed by atoms with van der Waals surface area (Å²) in [6.07, 6.45) is 0.861.